The zero-order valence-corrected chi connectivity index (χ0v) is 24.0. The highest BCUT2D eigenvalue weighted by Crippen LogP contribution is 2.38. The van der Waals surface area contributed by atoms with Crippen LogP contribution < -0.4 is 0 Å². The molecule has 0 aliphatic heterocycles. The average molecular weight is 724 g/mol. The average Bonchev–Trinajstić information content (AvgIpc) is 2.81. The van der Waals surface area contributed by atoms with Gasteiger partial charge in [-0.25, -0.2) is 8.78 Å². The number of halogens is 4. The number of rotatable bonds is 6. The zero-order valence-electron chi connectivity index (χ0n) is 16.4. The van der Waals surface area contributed by atoms with E-state index in [1.165, 1.54) is 62.8 Å². The third kappa shape index (κ3) is 9.84. The van der Waals surface area contributed by atoms with Gasteiger partial charge in [-0.1, -0.05) is 43.2 Å². The Labute approximate surface area is 230 Å². The van der Waals surface area contributed by atoms with Gasteiger partial charge in [-0.2, -0.15) is 0 Å². The van der Waals surface area contributed by atoms with Crippen LogP contribution in [0.4, 0.5) is 8.78 Å². The summed E-state index contributed by atoms with van der Waals surface area (Å²) >= 11 is 4.65. The molecule has 0 aromatic heterocycles. The molecule has 0 N–H and O–H groups in total. The minimum Gasteiger partial charge on any atom is -0.207 e. The van der Waals surface area contributed by atoms with Crippen LogP contribution in [0.15, 0.2) is 117 Å². The molecular weight excluding hydrogens is 708 g/mol. The van der Waals surface area contributed by atoms with Crippen molar-refractivity contribution in [1.29, 1.82) is 0 Å². The summed E-state index contributed by atoms with van der Waals surface area (Å²) in [6.07, 6.45) is 0. The minimum atomic E-state index is -0.240. The van der Waals surface area contributed by atoms with E-state index >= 15 is 0 Å². The van der Waals surface area contributed by atoms with Crippen molar-refractivity contribution in [1.82, 2.24) is 0 Å². The first-order valence-corrected chi connectivity index (χ1v) is 15.6. The van der Waals surface area contributed by atoms with Gasteiger partial charge in [0.05, 0.1) is 0 Å². The van der Waals surface area contributed by atoms with Crippen LogP contribution in [0.3, 0.4) is 0 Å². The normalized spacial score (nSPS) is 10.4. The molecule has 0 nitrogen and oxygen atoms in total. The van der Waals surface area contributed by atoms with Crippen molar-refractivity contribution < 1.29 is 8.78 Å². The third-order valence-corrected chi connectivity index (χ3v) is 10.00. The molecule has 4 aromatic carbocycles. The van der Waals surface area contributed by atoms with Crippen LogP contribution in [0.5, 0.6) is 0 Å². The van der Waals surface area contributed by atoms with Crippen molar-refractivity contribution in [3.63, 3.8) is 0 Å². The summed E-state index contributed by atoms with van der Waals surface area (Å²) < 4.78 is 27.8. The monoisotopic (exact) mass is 724 g/mol. The first kappa shape index (κ1) is 26.2. The molecule has 0 saturated carbocycles. The summed E-state index contributed by atoms with van der Waals surface area (Å²) in [5, 5.41) is 0. The molecule has 0 aliphatic carbocycles. The lowest BCUT2D eigenvalue weighted by molar-refractivity contribution is 0.626. The standard InChI is InChI=1S/C12H8F2S2.C12H8I2S2/c2*13-9-1-5-11(6-2-9)15-16-12-7-3-10(14)4-8-12/h2*1-8H. The second-order valence-electron chi connectivity index (χ2n) is 6.15. The Morgan fingerprint density at radius 3 is 0.844 bits per heavy atom. The van der Waals surface area contributed by atoms with Crippen molar-refractivity contribution >= 4 is 88.4 Å². The summed E-state index contributed by atoms with van der Waals surface area (Å²) in [4.78, 5) is 4.53. The topological polar surface area (TPSA) is 0 Å². The van der Waals surface area contributed by atoms with Gasteiger partial charge >= 0.3 is 0 Å². The lowest BCUT2D eigenvalue weighted by Crippen LogP contribution is -1.74. The molecule has 8 heteroatoms. The fraction of sp³-hybridized carbons (Fsp3) is 0. The predicted molar refractivity (Wildman–Crippen MR) is 155 cm³/mol. The van der Waals surface area contributed by atoms with Crippen LogP contribution >= 0.6 is 88.4 Å². The Bertz CT molecular complexity index is 907. The van der Waals surface area contributed by atoms with Gasteiger partial charge in [0.2, 0.25) is 0 Å². The van der Waals surface area contributed by atoms with Gasteiger partial charge in [0, 0.05) is 26.7 Å². The van der Waals surface area contributed by atoms with E-state index in [0.29, 0.717) is 0 Å². The molecule has 32 heavy (non-hydrogen) atoms. The van der Waals surface area contributed by atoms with Crippen LogP contribution in [0, 0.1) is 18.8 Å². The Kier molecular flexibility index (Phi) is 11.6. The van der Waals surface area contributed by atoms with Gasteiger partial charge in [-0.3, -0.25) is 0 Å². The van der Waals surface area contributed by atoms with E-state index in [0.717, 1.165) is 9.79 Å². The largest absolute Gasteiger partial charge is 0.207 e. The lowest BCUT2D eigenvalue weighted by atomic mass is 10.4. The number of hydrogen-bond acceptors (Lipinski definition) is 4. The molecule has 0 bridgehead atoms. The molecule has 164 valence electrons. The highest BCUT2D eigenvalue weighted by molar-refractivity contribution is 14.1. The van der Waals surface area contributed by atoms with Crippen molar-refractivity contribution in [3.05, 3.63) is 116 Å². The molecule has 0 heterocycles. The van der Waals surface area contributed by atoms with E-state index in [4.69, 9.17) is 0 Å². The molecule has 4 rings (SSSR count). The van der Waals surface area contributed by atoms with E-state index in [1.54, 1.807) is 45.9 Å². The maximum absolute atomic E-state index is 12.6. The Balaban J connectivity index is 0.000000181. The second kappa shape index (κ2) is 14.1. The summed E-state index contributed by atoms with van der Waals surface area (Å²) in [5.74, 6) is -0.479. The fourth-order valence-corrected chi connectivity index (χ4v) is 6.73. The van der Waals surface area contributed by atoms with Gasteiger partial charge in [-0.05, 0) is 142 Å². The predicted octanol–water partition coefficient (Wildman–Crippen LogP) is 10.5. The maximum Gasteiger partial charge on any atom is 0.123 e. The maximum atomic E-state index is 12.6. The van der Waals surface area contributed by atoms with Crippen LogP contribution in [-0.4, -0.2) is 0 Å². The van der Waals surface area contributed by atoms with Gasteiger partial charge in [-0.15, -0.1) is 0 Å². The van der Waals surface area contributed by atoms with Gasteiger partial charge in [0.25, 0.3) is 0 Å². The first-order valence-electron chi connectivity index (χ1n) is 9.19. The molecule has 0 spiro atoms. The number of hydrogen-bond donors (Lipinski definition) is 0. The molecule has 0 unspecified atom stereocenters. The van der Waals surface area contributed by atoms with Gasteiger partial charge < -0.3 is 0 Å². The van der Waals surface area contributed by atoms with E-state index in [1.807, 2.05) is 0 Å². The molecule has 0 fully saturated rings. The molecule has 0 saturated heterocycles. The van der Waals surface area contributed by atoms with Crippen molar-refractivity contribution in [2.75, 3.05) is 0 Å². The van der Waals surface area contributed by atoms with Crippen molar-refractivity contribution in [2.24, 2.45) is 0 Å². The fourth-order valence-electron chi connectivity index (χ4n) is 2.15. The highest BCUT2D eigenvalue weighted by Gasteiger charge is 1.99. The van der Waals surface area contributed by atoms with Crippen LogP contribution in [0.25, 0.3) is 0 Å². The third-order valence-electron chi connectivity index (χ3n) is 3.72. The minimum absolute atomic E-state index is 0.240. The smallest absolute Gasteiger partial charge is 0.123 e. The molecule has 0 amide bonds. The van der Waals surface area contributed by atoms with E-state index in [2.05, 4.69) is 93.7 Å². The van der Waals surface area contributed by atoms with E-state index in [-0.39, 0.29) is 11.6 Å². The van der Waals surface area contributed by atoms with Crippen molar-refractivity contribution in [3.8, 4) is 0 Å². The lowest BCUT2D eigenvalue weighted by Gasteiger charge is -2.01. The molecule has 0 radical (unpaired) electrons. The number of benzene rings is 4. The second-order valence-corrected chi connectivity index (χ2v) is 13.2. The molecule has 0 atom stereocenters. The summed E-state index contributed by atoms with van der Waals surface area (Å²) in [6.45, 7) is 0. The molecule has 0 aliphatic rings. The Hall–Kier alpha value is -0.400. The summed E-state index contributed by atoms with van der Waals surface area (Å²) in [6, 6.07) is 29.8. The van der Waals surface area contributed by atoms with Gasteiger partial charge in [0.1, 0.15) is 11.6 Å². The quantitative estimate of drug-likeness (QED) is 0.143. The Morgan fingerprint density at radius 1 is 0.375 bits per heavy atom. The Morgan fingerprint density at radius 2 is 0.594 bits per heavy atom. The zero-order chi connectivity index (χ0) is 22.8. The van der Waals surface area contributed by atoms with Crippen molar-refractivity contribution in [2.45, 2.75) is 19.6 Å². The van der Waals surface area contributed by atoms with Crippen LogP contribution in [0.1, 0.15) is 0 Å². The van der Waals surface area contributed by atoms with Gasteiger partial charge in [0.15, 0.2) is 0 Å². The van der Waals surface area contributed by atoms with E-state index < -0.39 is 0 Å². The summed E-state index contributed by atoms with van der Waals surface area (Å²) in [7, 11) is 6.63. The van der Waals surface area contributed by atoms with Crippen LogP contribution in [-0.2, 0) is 0 Å². The van der Waals surface area contributed by atoms with Crippen LogP contribution in [0.2, 0.25) is 0 Å². The molecule has 4 aromatic rings. The highest BCUT2D eigenvalue weighted by atomic mass is 127. The van der Waals surface area contributed by atoms with E-state index in [9.17, 15) is 8.78 Å². The summed E-state index contributed by atoms with van der Waals surface area (Å²) in [5.41, 5.74) is 0. The molecular formula is C24H16F2I2S4. The first-order chi connectivity index (χ1) is 15.5. The SMILES string of the molecule is Fc1ccc(SSc2ccc(F)cc2)cc1.Ic1ccc(SSc2ccc(I)cc2)cc1.